The van der Waals surface area contributed by atoms with E-state index in [1.807, 2.05) is 86.8 Å². The molecule has 0 atom stereocenters. The number of anilines is 3. The fourth-order valence-corrected chi connectivity index (χ4v) is 5.14. The van der Waals surface area contributed by atoms with Gasteiger partial charge in [-0.3, -0.25) is 78.6 Å². The molecular formula is C72H139BrN14O20S2. The predicted octanol–water partition coefficient (Wildman–Crippen LogP) is 9.19. The number of thiol groups is 1. The van der Waals surface area contributed by atoms with E-state index in [9.17, 15) is 72.2 Å². The minimum atomic E-state index is -0.741. The summed E-state index contributed by atoms with van der Waals surface area (Å²) in [4.78, 5) is 146. The van der Waals surface area contributed by atoms with Crippen LogP contribution >= 0.6 is 40.3 Å². The summed E-state index contributed by atoms with van der Waals surface area (Å²) in [6.07, 6.45) is 0.380. The number of carbonyl (C=O) groups excluding carboxylic acids is 13. The molecule has 0 heterocycles. The number of hydroxylamine groups is 4. The summed E-state index contributed by atoms with van der Waals surface area (Å²) in [6.45, 7) is 51.1. The molecule has 0 aliphatic carbocycles. The number of Topliss-reactive ketones (excluding diaryl/α,β-unsaturated/α-hetero) is 1. The molecule has 636 valence electrons. The zero-order chi connectivity index (χ0) is 88.6. The maximum absolute atomic E-state index is 11.3. The van der Waals surface area contributed by atoms with Crippen LogP contribution in [-0.4, -0.2) is 181 Å². The number of nitrogens with one attached hydrogen (secondary N) is 11. The summed E-state index contributed by atoms with van der Waals surface area (Å²) in [6, 6.07) is 13.7. The van der Waals surface area contributed by atoms with E-state index >= 15 is 0 Å². The van der Waals surface area contributed by atoms with Crippen molar-refractivity contribution >= 4 is 140 Å². The van der Waals surface area contributed by atoms with Crippen LogP contribution in [0.5, 0.6) is 5.75 Å². The number of ketones is 1. The molecule has 0 saturated carbocycles. The second kappa shape index (κ2) is 80.6. The number of phenols is 1. The van der Waals surface area contributed by atoms with Gasteiger partial charge in [0.25, 0.3) is 5.91 Å². The lowest BCUT2D eigenvalue weighted by molar-refractivity contribution is -0.157. The quantitative estimate of drug-likeness (QED) is 0.00502. The number of halogens is 1. The molecule has 0 bridgehead atoms. The number of urea groups is 2. The minimum Gasteiger partial charge on any atom is -0.506 e. The number of rotatable bonds is 20. The van der Waals surface area contributed by atoms with Crippen LogP contribution in [-0.2, 0) is 62.3 Å². The van der Waals surface area contributed by atoms with Gasteiger partial charge < -0.3 is 63.2 Å². The van der Waals surface area contributed by atoms with Gasteiger partial charge in [0, 0.05) is 67.9 Å². The topological polar surface area (TPSA) is 537 Å². The number of hydrazine groups is 1. The van der Waals surface area contributed by atoms with E-state index in [1.165, 1.54) is 38.1 Å². The van der Waals surface area contributed by atoms with Crippen molar-refractivity contribution in [1.82, 2.24) is 53.3 Å². The third-order valence-electron chi connectivity index (χ3n) is 9.94. The van der Waals surface area contributed by atoms with Gasteiger partial charge in [0.2, 0.25) is 47.6 Å². The number of carboxylic acid groups (broad SMARTS) is 1. The number of alkyl halides is 1. The number of nitrogens with two attached hydrogens (primary N) is 2. The summed E-state index contributed by atoms with van der Waals surface area (Å²) < 4.78 is 4.37. The van der Waals surface area contributed by atoms with Crippen molar-refractivity contribution in [2.24, 2.45) is 47.3 Å². The van der Waals surface area contributed by atoms with Crippen LogP contribution in [0.1, 0.15) is 194 Å². The number of benzene rings is 2. The van der Waals surface area contributed by atoms with E-state index in [-0.39, 0.29) is 147 Å². The number of nitrogens with zero attached hydrogens (tertiary/aromatic N) is 1. The maximum atomic E-state index is 11.3. The zero-order valence-electron chi connectivity index (χ0n) is 70.0. The largest absolute Gasteiger partial charge is 0.506 e. The molecule has 37 heteroatoms. The van der Waals surface area contributed by atoms with Gasteiger partial charge >= 0.3 is 24.0 Å². The minimum absolute atomic E-state index is 0.00463. The second-order valence-electron chi connectivity index (χ2n) is 26.4. The fraction of sp³-hybridized carbons (Fsp3) is 0.639. The molecule has 2 aromatic carbocycles. The Kier molecular flexibility index (Phi) is 92.0. The number of ether oxygens (including phenoxy) is 1. The highest BCUT2D eigenvalue weighted by Crippen LogP contribution is 2.22. The number of carbonyl (C=O) groups is 14. The van der Waals surface area contributed by atoms with Gasteiger partial charge in [0.15, 0.2) is 5.12 Å². The van der Waals surface area contributed by atoms with Crippen LogP contribution in [0, 0.1) is 41.4 Å². The van der Waals surface area contributed by atoms with Crippen LogP contribution in [0.4, 0.5) is 26.7 Å². The first-order valence-electron chi connectivity index (χ1n) is 34.7. The molecule has 0 radical (unpaired) electrons. The Bertz CT molecular complexity index is 2610. The summed E-state index contributed by atoms with van der Waals surface area (Å²) in [5.41, 5.74) is 12.3. The Morgan fingerprint density at radius 1 is 0.541 bits per heavy atom. The van der Waals surface area contributed by atoms with E-state index in [2.05, 4.69) is 96.6 Å². The van der Waals surface area contributed by atoms with Crippen LogP contribution in [0.2, 0.25) is 0 Å². The monoisotopic (exact) mass is 1660 g/mol. The van der Waals surface area contributed by atoms with Crippen molar-refractivity contribution in [2.45, 2.75) is 230 Å². The normalized spacial score (nSPS) is 9.48. The molecule has 0 aliphatic heterocycles. The van der Waals surface area contributed by atoms with Gasteiger partial charge in [-0.05, 0) is 113 Å². The molecule has 0 saturated heterocycles. The number of para-hydroxylation sites is 4. The molecular weight excluding hydrogens is 1520 g/mol. The van der Waals surface area contributed by atoms with Crippen molar-refractivity contribution in [2.75, 3.05) is 47.4 Å². The molecule has 2 rings (SSSR count). The predicted molar refractivity (Wildman–Crippen MR) is 439 cm³/mol. The van der Waals surface area contributed by atoms with Crippen molar-refractivity contribution < 1.29 is 97.7 Å². The first kappa shape index (κ1) is 124. The van der Waals surface area contributed by atoms with Crippen LogP contribution < -0.4 is 70.5 Å². The molecule has 0 aliphatic rings. The number of aliphatic carboxylic acids is 1. The van der Waals surface area contributed by atoms with Crippen molar-refractivity contribution in [3.05, 3.63) is 48.5 Å². The van der Waals surface area contributed by atoms with E-state index in [1.54, 1.807) is 127 Å². The Hall–Kier alpha value is -8.36. The molecule has 0 spiro atoms. The first-order valence-corrected chi connectivity index (χ1v) is 37.5. The lowest BCUT2D eigenvalue weighted by Crippen LogP contribution is -2.42. The number of aromatic hydroxyl groups is 1. The number of esters is 1. The number of phenolic OH excluding ortho intramolecular Hbond substituents is 1. The van der Waals surface area contributed by atoms with Crippen LogP contribution in [0.15, 0.2) is 48.5 Å². The zero-order valence-corrected chi connectivity index (χ0v) is 73.3. The molecule has 2 aromatic rings. The third-order valence-corrected chi connectivity index (χ3v) is 11.5. The SMILES string of the molecule is CC(=O)SCC(=O)NC(C)C.CC(C)C.CC(C)C(=O)NO.CC(C)C(=O)Nc1ccccc1N.CC(C)C(=O)Nc1ccccc1O.CC(C)C(=O)O.CC(C)N(O)C=O.CC(C)NC(=O)CBr.CC(C)NC(=O)CS.CC(C)NC(=O)NN.CC(C)NC(=O)NO.CNC(=O)C(=O)C(C)C.COC(=O)C(C)C. The van der Waals surface area contributed by atoms with E-state index in [0.29, 0.717) is 33.9 Å². The Morgan fingerprint density at radius 3 is 1.09 bits per heavy atom. The standard InChI is InChI=1S/C10H14N2O.C10H13NO2.C7H13NO2S.C6H11NO2.C5H10BrNO.C5H11NOS.C5H10O2.C4H11N3O.C4H10N2O2.2C4H9NO2.C4H8O2.C4H10/c1-7(2)10(13)12-9-6-4-3-5-8(9)11;1-7(2)10(13)11-8-5-3-4-6-9(8)12;1-5(2)8-7(10)4-11-6(3)9;1-4(2)5(8)6(9)7-3;1-4(2)7-5(8)3-6;1-4(2)6-5(7)3-8;1-4(2)5(6)7-3;1-3(2)6-4(8)7-5;1-3(2)5-4(7)6-8;1-4(2)5(7)3-6;1-3(2)4(6)5-7;1-3(2)4(5)6;1-4(2)3/h3-7H,11H2,1-2H3,(H,12,13);3-7,12H,1-2H3,(H,11,13);5H,4H2,1-3H3,(H,8,10);4H,1-3H3,(H,7,9);4H,3H2,1-2H3,(H,7,8);4,8H,3H2,1-2H3,(H,6,7);4H,1-3H3;3H,5H2,1-2H3,(H2,6,7,8);3,8H,1-2H3,(H2,5,6,7);3-4,7H,1-2H3;3,7H,1-2H3,(H,5,6);3H,1-2H3,(H,5,6);4H,1-3H3. The smallest absolute Gasteiger partial charge is 0.338 e. The molecule has 0 aromatic heterocycles. The van der Waals surface area contributed by atoms with E-state index in [0.717, 1.165) is 17.7 Å². The Labute approximate surface area is 666 Å². The van der Waals surface area contributed by atoms with Crippen molar-refractivity contribution in [3.8, 4) is 5.75 Å². The summed E-state index contributed by atoms with van der Waals surface area (Å²) in [5, 5.41) is 63.1. The fourth-order valence-electron chi connectivity index (χ4n) is 4.47. The summed E-state index contributed by atoms with van der Waals surface area (Å²) in [5.74, 6) is 3.24. The second-order valence-corrected chi connectivity index (χ2v) is 28.4. The molecule has 0 unspecified atom stereocenters. The van der Waals surface area contributed by atoms with Gasteiger partial charge in [-0.15, -0.1) is 0 Å². The number of hydrogen-bond acceptors (Lipinski definition) is 23. The highest BCUT2D eigenvalue weighted by atomic mass is 79.9. The van der Waals surface area contributed by atoms with Gasteiger partial charge in [-0.25, -0.2) is 31.5 Å². The Morgan fingerprint density at radius 2 is 0.899 bits per heavy atom. The highest BCUT2D eigenvalue weighted by Gasteiger charge is 2.15. The number of nitrogen functional groups attached to an aromatic ring is 1. The van der Waals surface area contributed by atoms with Crippen LogP contribution in [0.25, 0.3) is 0 Å². The maximum Gasteiger partial charge on any atom is 0.338 e. The number of likely N-dealkylation sites (N-methyl/N-ethyl adjacent to an activating group) is 1. The number of thioether (sulfide) groups is 1. The highest BCUT2D eigenvalue weighted by molar-refractivity contribution is 9.09. The lowest BCUT2D eigenvalue weighted by atomic mass is 10.1. The molecule has 0 fully saturated rings. The van der Waals surface area contributed by atoms with E-state index in [4.69, 9.17) is 32.3 Å². The number of carboxylic acids is 1. The number of methoxy groups -OCH3 is 1. The average Bonchev–Trinajstić information content (AvgIpc) is 0.898. The first-order chi connectivity index (χ1) is 49.9. The lowest BCUT2D eigenvalue weighted by Gasteiger charge is -2.10. The van der Waals surface area contributed by atoms with Gasteiger partial charge in [0.05, 0.1) is 58.9 Å². The van der Waals surface area contributed by atoms with Gasteiger partial charge in [0.1, 0.15) is 5.75 Å². The Balaban J connectivity index is -0.000000107. The number of hydrogen-bond donors (Lipinski definition) is 19. The van der Waals surface area contributed by atoms with Crippen molar-refractivity contribution in [1.29, 1.82) is 0 Å². The molecule has 12 amide bonds. The molecule has 34 nitrogen and oxygen atoms in total. The van der Waals surface area contributed by atoms with Crippen molar-refractivity contribution in [3.63, 3.8) is 0 Å². The average molecular weight is 1670 g/mol. The third kappa shape index (κ3) is 106. The summed E-state index contributed by atoms with van der Waals surface area (Å²) >= 11 is 7.84. The summed E-state index contributed by atoms with van der Waals surface area (Å²) in [7, 11) is 2.84. The number of amides is 12. The van der Waals surface area contributed by atoms with Gasteiger partial charge in [-0.2, -0.15) is 12.6 Å². The van der Waals surface area contributed by atoms with E-state index < -0.39 is 17.9 Å². The molecule has 109 heavy (non-hydrogen) atoms. The van der Waals surface area contributed by atoms with Crippen LogP contribution in [0.3, 0.4) is 0 Å². The molecule has 20 N–H and O–H groups in total. The van der Waals surface area contributed by atoms with Gasteiger partial charge in [-0.1, -0.05) is 156 Å².